The van der Waals surface area contributed by atoms with E-state index in [1.807, 2.05) is 29.9 Å². The van der Waals surface area contributed by atoms with E-state index in [1.54, 1.807) is 23.5 Å². The van der Waals surface area contributed by atoms with Gasteiger partial charge in [0.25, 0.3) is 0 Å². The molecule has 3 rings (SSSR count). The van der Waals surface area contributed by atoms with Crippen LogP contribution in [0.5, 0.6) is 0 Å². The fourth-order valence-electron chi connectivity index (χ4n) is 1.70. The number of nitrogens with one attached hydrogen (secondary N) is 1. The SMILES string of the molecule is Cn1cncc1CNc1ccc(-n2cncn2)nc1. The highest BCUT2D eigenvalue weighted by atomic mass is 15.3. The summed E-state index contributed by atoms with van der Waals surface area (Å²) in [5.74, 6) is 0.739. The number of nitrogens with zero attached hydrogens (tertiary/aromatic N) is 6. The molecule has 0 spiro atoms. The largest absolute Gasteiger partial charge is 0.378 e. The maximum atomic E-state index is 4.32. The lowest BCUT2D eigenvalue weighted by Gasteiger charge is -2.07. The molecule has 1 N–H and O–H groups in total. The first-order valence-electron chi connectivity index (χ1n) is 5.83. The molecule has 0 aliphatic rings. The van der Waals surface area contributed by atoms with Gasteiger partial charge in [-0.3, -0.25) is 0 Å². The molecule has 0 radical (unpaired) electrons. The normalized spacial score (nSPS) is 10.6. The zero-order chi connectivity index (χ0) is 13.1. The monoisotopic (exact) mass is 255 g/mol. The standard InChI is InChI=1S/C12H13N7/c1-18-8-13-5-11(18)6-15-10-2-3-12(16-4-10)19-9-14-7-17-19/h2-5,7-9,15H,6H2,1H3. The van der Waals surface area contributed by atoms with Gasteiger partial charge in [-0.05, 0) is 12.1 Å². The Bertz CT molecular complexity index is 639. The molecule has 3 heterocycles. The first kappa shape index (κ1) is 11.4. The fourth-order valence-corrected chi connectivity index (χ4v) is 1.70. The molecule has 0 atom stereocenters. The quantitative estimate of drug-likeness (QED) is 0.753. The number of hydrogen-bond donors (Lipinski definition) is 1. The molecule has 19 heavy (non-hydrogen) atoms. The molecule has 96 valence electrons. The second-order valence-electron chi connectivity index (χ2n) is 4.09. The molecule has 0 bridgehead atoms. The van der Waals surface area contributed by atoms with Gasteiger partial charge in [-0.25, -0.2) is 19.6 Å². The van der Waals surface area contributed by atoms with Gasteiger partial charge in [-0.15, -0.1) is 0 Å². The summed E-state index contributed by atoms with van der Waals surface area (Å²) in [5.41, 5.74) is 2.06. The maximum Gasteiger partial charge on any atom is 0.155 e. The van der Waals surface area contributed by atoms with Crippen molar-refractivity contribution >= 4 is 5.69 Å². The van der Waals surface area contributed by atoms with Crippen molar-refractivity contribution in [3.8, 4) is 5.82 Å². The number of anilines is 1. The van der Waals surface area contributed by atoms with E-state index in [0.717, 1.165) is 17.2 Å². The number of hydrogen-bond acceptors (Lipinski definition) is 5. The van der Waals surface area contributed by atoms with Crippen LogP contribution in [-0.2, 0) is 13.6 Å². The van der Waals surface area contributed by atoms with Gasteiger partial charge in [0.05, 0.1) is 30.5 Å². The highest BCUT2D eigenvalue weighted by Crippen LogP contribution is 2.10. The summed E-state index contributed by atoms with van der Waals surface area (Å²) in [4.78, 5) is 12.3. The van der Waals surface area contributed by atoms with E-state index in [0.29, 0.717) is 6.54 Å². The van der Waals surface area contributed by atoms with Crippen molar-refractivity contribution in [2.75, 3.05) is 5.32 Å². The van der Waals surface area contributed by atoms with Crippen molar-refractivity contribution in [3.63, 3.8) is 0 Å². The molecule has 7 nitrogen and oxygen atoms in total. The second kappa shape index (κ2) is 4.89. The molecule has 3 aromatic rings. The van der Waals surface area contributed by atoms with E-state index in [-0.39, 0.29) is 0 Å². The Hall–Kier alpha value is -2.70. The highest BCUT2D eigenvalue weighted by Gasteiger charge is 2.00. The van der Waals surface area contributed by atoms with Crippen LogP contribution in [0.3, 0.4) is 0 Å². The number of aryl methyl sites for hydroxylation is 1. The summed E-state index contributed by atoms with van der Waals surface area (Å²) >= 11 is 0. The minimum atomic E-state index is 0.709. The minimum Gasteiger partial charge on any atom is -0.378 e. The number of pyridine rings is 1. The lowest BCUT2D eigenvalue weighted by Crippen LogP contribution is -2.05. The summed E-state index contributed by atoms with van der Waals surface area (Å²) in [6, 6.07) is 3.85. The van der Waals surface area contributed by atoms with Crippen molar-refractivity contribution in [1.29, 1.82) is 0 Å². The zero-order valence-electron chi connectivity index (χ0n) is 10.4. The van der Waals surface area contributed by atoms with Crippen LogP contribution >= 0.6 is 0 Å². The molecule has 0 aliphatic carbocycles. The Morgan fingerprint density at radius 1 is 1.16 bits per heavy atom. The topological polar surface area (TPSA) is 73.5 Å². The van der Waals surface area contributed by atoms with Crippen LogP contribution in [-0.4, -0.2) is 29.3 Å². The summed E-state index contributed by atoms with van der Waals surface area (Å²) in [7, 11) is 1.97. The molecule has 0 saturated heterocycles. The predicted octanol–water partition coefficient (Wildman–Crippen LogP) is 1.01. The molecule has 0 amide bonds. The third-order valence-electron chi connectivity index (χ3n) is 2.79. The highest BCUT2D eigenvalue weighted by molar-refractivity contribution is 5.43. The predicted molar refractivity (Wildman–Crippen MR) is 69.7 cm³/mol. The molecule has 0 aromatic carbocycles. The van der Waals surface area contributed by atoms with Gasteiger partial charge in [-0.2, -0.15) is 5.10 Å². The van der Waals surface area contributed by atoms with Crippen molar-refractivity contribution in [2.45, 2.75) is 6.54 Å². The molecule has 7 heteroatoms. The van der Waals surface area contributed by atoms with Crippen LogP contribution in [0.1, 0.15) is 5.69 Å². The van der Waals surface area contributed by atoms with Crippen LogP contribution in [0, 0.1) is 0 Å². The lowest BCUT2D eigenvalue weighted by atomic mass is 10.3. The summed E-state index contributed by atoms with van der Waals surface area (Å²) in [5, 5.41) is 7.32. The van der Waals surface area contributed by atoms with E-state index >= 15 is 0 Å². The van der Waals surface area contributed by atoms with Crippen molar-refractivity contribution in [2.24, 2.45) is 7.05 Å². The van der Waals surface area contributed by atoms with Gasteiger partial charge in [0.1, 0.15) is 12.7 Å². The molecule has 0 fully saturated rings. The van der Waals surface area contributed by atoms with E-state index < -0.39 is 0 Å². The van der Waals surface area contributed by atoms with E-state index in [1.165, 1.54) is 6.33 Å². The fraction of sp³-hybridized carbons (Fsp3) is 0.167. The average molecular weight is 255 g/mol. The van der Waals surface area contributed by atoms with Gasteiger partial charge in [0.2, 0.25) is 0 Å². The van der Waals surface area contributed by atoms with E-state index in [4.69, 9.17) is 0 Å². The average Bonchev–Trinajstić information content (AvgIpc) is 3.09. The minimum absolute atomic E-state index is 0.709. The molecule has 0 aliphatic heterocycles. The summed E-state index contributed by atoms with van der Waals surface area (Å²) < 4.78 is 3.59. The third-order valence-corrected chi connectivity index (χ3v) is 2.79. The van der Waals surface area contributed by atoms with Gasteiger partial charge in [-0.1, -0.05) is 0 Å². The number of imidazole rings is 1. The third kappa shape index (κ3) is 2.44. The van der Waals surface area contributed by atoms with Gasteiger partial charge in [0, 0.05) is 13.2 Å². The van der Waals surface area contributed by atoms with Crippen molar-refractivity contribution < 1.29 is 0 Å². The molecule has 3 aromatic heterocycles. The van der Waals surface area contributed by atoms with Crippen LogP contribution in [0.2, 0.25) is 0 Å². The Balaban J connectivity index is 1.68. The summed E-state index contributed by atoms with van der Waals surface area (Å²) in [6.45, 7) is 0.709. The number of rotatable bonds is 4. The van der Waals surface area contributed by atoms with E-state index in [2.05, 4.69) is 25.4 Å². The van der Waals surface area contributed by atoms with Crippen LogP contribution in [0.15, 0.2) is 43.5 Å². The molecule has 0 unspecified atom stereocenters. The van der Waals surface area contributed by atoms with Crippen LogP contribution in [0.25, 0.3) is 5.82 Å². The van der Waals surface area contributed by atoms with Gasteiger partial charge in [0.15, 0.2) is 5.82 Å². The second-order valence-corrected chi connectivity index (χ2v) is 4.09. The Morgan fingerprint density at radius 2 is 2.11 bits per heavy atom. The smallest absolute Gasteiger partial charge is 0.155 e. The summed E-state index contributed by atoms with van der Waals surface area (Å²) in [6.07, 6.45) is 8.49. The Kier molecular flexibility index (Phi) is 2.93. The van der Waals surface area contributed by atoms with Gasteiger partial charge >= 0.3 is 0 Å². The Labute approximate surface area is 110 Å². The van der Waals surface area contributed by atoms with Gasteiger partial charge < -0.3 is 9.88 Å². The molecular weight excluding hydrogens is 242 g/mol. The van der Waals surface area contributed by atoms with E-state index in [9.17, 15) is 0 Å². The Morgan fingerprint density at radius 3 is 2.74 bits per heavy atom. The zero-order valence-corrected chi connectivity index (χ0v) is 10.4. The van der Waals surface area contributed by atoms with Crippen LogP contribution < -0.4 is 5.32 Å². The first-order chi connectivity index (χ1) is 9.33. The van der Waals surface area contributed by atoms with Crippen molar-refractivity contribution in [3.05, 3.63) is 49.2 Å². The molecule has 0 saturated carbocycles. The lowest BCUT2D eigenvalue weighted by molar-refractivity contribution is 0.833. The van der Waals surface area contributed by atoms with Crippen molar-refractivity contribution in [1.82, 2.24) is 29.3 Å². The number of aromatic nitrogens is 6. The van der Waals surface area contributed by atoms with Crippen LogP contribution in [0.4, 0.5) is 5.69 Å². The first-order valence-corrected chi connectivity index (χ1v) is 5.83. The maximum absolute atomic E-state index is 4.32. The molecular formula is C12H13N7.